The van der Waals surface area contributed by atoms with E-state index in [-0.39, 0.29) is 18.4 Å². The van der Waals surface area contributed by atoms with Crippen LogP contribution in [0.4, 0.5) is 0 Å². The molecule has 2 atom stereocenters. The number of nitrogens with zero attached hydrogens (tertiary/aromatic N) is 1. The van der Waals surface area contributed by atoms with Gasteiger partial charge in [0, 0.05) is 12.6 Å². The third-order valence-corrected chi connectivity index (χ3v) is 4.38. The summed E-state index contributed by atoms with van der Waals surface area (Å²) in [6.45, 7) is 10.3. The molecule has 0 radical (unpaired) electrons. The number of esters is 1. The van der Waals surface area contributed by atoms with Gasteiger partial charge in [-0.15, -0.1) is 12.4 Å². The van der Waals surface area contributed by atoms with Crippen LogP contribution in [0.2, 0.25) is 0 Å². The van der Waals surface area contributed by atoms with Crippen LogP contribution >= 0.6 is 12.4 Å². The van der Waals surface area contributed by atoms with Gasteiger partial charge in [0.05, 0.1) is 12.1 Å². The molecule has 0 amide bonds. The Bertz CT molecular complexity index is 538. The van der Waals surface area contributed by atoms with Gasteiger partial charge in [-0.3, -0.25) is 4.90 Å². The van der Waals surface area contributed by atoms with E-state index in [9.17, 15) is 4.79 Å². The average Bonchev–Trinajstić information content (AvgIpc) is 2.50. The number of hydrogen-bond donors (Lipinski definition) is 0. The number of benzene rings is 1. The minimum absolute atomic E-state index is 0. The molecule has 0 N–H and O–H groups in total. The van der Waals surface area contributed by atoms with Crippen molar-refractivity contribution in [2.75, 3.05) is 13.1 Å². The smallest absolute Gasteiger partial charge is 0.343 e. The summed E-state index contributed by atoms with van der Waals surface area (Å²) < 4.78 is 5.68. The lowest BCUT2D eigenvalue weighted by Crippen LogP contribution is -2.42. The molecule has 2 unspecified atom stereocenters. The maximum Gasteiger partial charge on any atom is 0.343 e. The molecule has 0 spiro atoms. The zero-order valence-corrected chi connectivity index (χ0v) is 15.4. The first-order chi connectivity index (χ1) is 10.5. The number of ether oxygens (including phenoxy) is 1. The van der Waals surface area contributed by atoms with E-state index in [0.29, 0.717) is 24.1 Å². The normalized spacial score (nSPS) is 21.2. The van der Waals surface area contributed by atoms with Gasteiger partial charge < -0.3 is 4.74 Å². The lowest BCUT2D eigenvalue weighted by atomic mass is 9.95. The topological polar surface area (TPSA) is 29.5 Å². The Morgan fingerprint density at radius 3 is 2.43 bits per heavy atom. The van der Waals surface area contributed by atoms with Gasteiger partial charge in [0.15, 0.2) is 0 Å². The first-order valence-electron chi connectivity index (χ1n) is 8.15. The van der Waals surface area contributed by atoms with Gasteiger partial charge in [-0.25, -0.2) is 4.79 Å². The van der Waals surface area contributed by atoms with E-state index in [1.807, 2.05) is 32.0 Å². The second-order valence-corrected chi connectivity index (χ2v) is 6.64. The van der Waals surface area contributed by atoms with E-state index < -0.39 is 0 Å². The van der Waals surface area contributed by atoms with E-state index in [4.69, 9.17) is 4.74 Å². The summed E-state index contributed by atoms with van der Waals surface area (Å²) in [5.41, 5.74) is 1.66. The molecular formula is C19H28ClNO2. The van der Waals surface area contributed by atoms with Crippen molar-refractivity contribution in [3.05, 3.63) is 47.2 Å². The lowest BCUT2D eigenvalue weighted by molar-refractivity contribution is 0.0548. The van der Waals surface area contributed by atoms with Gasteiger partial charge in [0.25, 0.3) is 0 Å². The quantitative estimate of drug-likeness (QED) is 0.590. The molecule has 1 heterocycles. The summed E-state index contributed by atoms with van der Waals surface area (Å²) in [7, 11) is 0. The van der Waals surface area contributed by atoms with Crippen LogP contribution in [-0.2, 0) is 4.74 Å². The van der Waals surface area contributed by atoms with Crippen molar-refractivity contribution in [2.45, 2.75) is 46.6 Å². The zero-order chi connectivity index (χ0) is 16.1. The minimum atomic E-state index is -0.269. The van der Waals surface area contributed by atoms with Crippen LogP contribution in [0.5, 0.6) is 0 Å². The van der Waals surface area contributed by atoms with Crippen molar-refractivity contribution < 1.29 is 9.53 Å². The molecule has 0 aliphatic carbocycles. The Balaban J connectivity index is 0.00000264. The lowest BCUT2D eigenvalue weighted by Gasteiger charge is -2.37. The number of carbonyl (C=O) groups is 1. The number of likely N-dealkylation sites (tertiary alicyclic amines) is 1. The Kier molecular flexibility index (Phi) is 7.80. The molecule has 0 aromatic heterocycles. The molecule has 2 rings (SSSR count). The highest BCUT2D eigenvalue weighted by Gasteiger charge is 2.25. The maximum absolute atomic E-state index is 12.3. The Hall–Kier alpha value is -1.32. The molecule has 0 saturated carbocycles. The summed E-state index contributed by atoms with van der Waals surface area (Å²) in [6.07, 6.45) is 2.50. The largest absolute Gasteiger partial charge is 0.426 e. The molecule has 3 nitrogen and oxygen atoms in total. The highest BCUT2D eigenvalue weighted by atomic mass is 35.5. The minimum Gasteiger partial charge on any atom is -0.426 e. The van der Waals surface area contributed by atoms with E-state index in [1.54, 1.807) is 12.1 Å². The van der Waals surface area contributed by atoms with Crippen molar-refractivity contribution in [2.24, 2.45) is 5.92 Å². The van der Waals surface area contributed by atoms with Gasteiger partial charge in [-0.05, 0) is 57.2 Å². The van der Waals surface area contributed by atoms with E-state index in [0.717, 1.165) is 17.9 Å². The Morgan fingerprint density at radius 2 is 1.83 bits per heavy atom. The predicted octanol–water partition coefficient (Wildman–Crippen LogP) is 4.68. The number of carbonyl (C=O) groups excluding carboxylic acids is 1. The van der Waals surface area contributed by atoms with Gasteiger partial charge in [0.2, 0.25) is 0 Å². The second kappa shape index (κ2) is 9.09. The molecule has 1 fully saturated rings. The number of piperidine rings is 1. The van der Waals surface area contributed by atoms with Crippen molar-refractivity contribution >= 4 is 18.4 Å². The first kappa shape index (κ1) is 19.7. The second-order valence-electron chi connectivity index (χ2n) is 6.64. The van der Waals surface area contributed by atoms with Gasteiger partial charge in [-0.1, -0.05) is 25.1 Å². The Morgan fingerprint density at radius 1 is 1.17 bits per heavy atom. The summed E-state index contributed by atoms with van der Waals surface area (Å²) in [6, 6.07) is 9.73. The number of hydrogen-bond acceptors (Lipinski definition) is 3. The third kappa shape index (κ3) is 5.67. The maximum atomic E-state index is 12.3. The fourth-order valence-electron chi connectivity index (χ4n) is 2.82. The van der Waals surface area contributed by atoms with Crippen LogP contribution in [0, 0.1) is 5.92 Å². The fraction of sp³-hybridized carbons (Fsp3) is 0.526. The van der Waals surface area contributed by atoms with Crippen LogP contribution < -0.4 is 0 Å². The molecule has 1 aliphatic rings. The first-order valence-corrected chi connectivity index (χ1v) is 8.15. The third-order valence-electron chi connectivity index (χ3n) is 4.38. The van der Waals surface area contributed by atoms with Crippen LogP contribution in [0.3, 0.4) is 0 Å². The fourth-order valence-corrected chi connectivity index (χ4v) is 2.82. The van der Waals surface area contributed by atoms with Crippen molar-refractivity contribution in [3.63, 3.8) is 0 Å². The molecule has 0 bridgehead atoms. The summed E-state index contributed by atoms with van der Waals surface area (Å²) in [5, 5.41) is 0. The van der Waals surface area contributed by atoms with Gasteiger partial charge in [-0.2, -0.15) is 0 Å². The highest BCUT2D eigenvalue weighted by molar-refractivity contribution is 5.90. The zero-order valence-electron chi connectivity index (χ0n) is 14.5. The molecule has 1 aromatic carbocycles. The van der Waals surface area contributed by atoms with Crippen LogP contribution in [-0.4, -0.2) is 30.0 Å². The summed E-state index contributed by atoms with van der Waals surface area (Å²) >= 11 is 0. The molecule has 1 aliphatic heterocycles. The van der Waals surface area contributed by atoms with Crippen LogP contribution in [0.15, 0.2) is 41.7 Å². The van der Waals surface area contributed by atoms with Crippen LogP contribution in [0.1, 0.15) is 50.9 Å². The standard InChI is InChI=1S/C19H27NO2.ClH/c1-14(2)18(13-20-12-15(3)10-11-16(20)4)22-19(21)17-8-6-5-7-9-17;/h5-9,15-16H,10-13H2,1-4H3;1H. The molecule has 1 saturated heterocycles. The number of halogens is 1. The monoisotopic (exact) mass is 337 g/mol. The van der Waals surface area contributed by atoms with Crippen molar-refractivity contribution in [3.8, 4) is 0 Å². The predicted molar refractivity (Wildman–Crippen MR) is 96.9 cm³/mol. The molecule has 128 valence electrons. The average molecular weight is 338 g/mol. The molecule has 1 aromatic rings. The van der Waals surface area contributed by atoms with Crippen LogP contribution in [0.25, 0.3) is 0 Å². The van der Waals surface area contributed by atoms with Gasteiger partial charge >= 0.3 is 5.97 Å². The highest BCUT2D eigenvalue weighted by Crippen LogP contribution is 2.23. The van der Waals surface area contributed by atoms with Gasteiger partial charge in [0.1, 0.15) is 5.76 Å². The molecule has 4 heteroatoms. The number of allylic oxidation sites excluding steroid dienone is 1. The van der Waals surface area contributed by atoms with E-state index in [1.165, 1.54) is 12.8 Å². The Labute approximate surface area is 146 Å². The van der Waals surface area contributed by atoms with E-state index >= 15 is 0 Å². The molecule has 23 heavy (non-hydrogen) atoms. The van der Waals surface area contributed by atoms with E-state index in [2.05, 4.69) is 18.7 Å². The van der Waals surface area contributed by atoms with Crippen molar-refractivity contribution in [1.29, 1.82) is 0 Å². The van der Waals surface area contributed by atoms with Crippen molar-refractivity contribution in [1.82, 2.24) is 4.90 Å². The number of rotatable bonds is 4. The molecular weight excluding hydrogens is 310 g/mol. The summed E-state index contributed by atoms with van der Waals surface area (Å²) in [4.78, 5) is 14.7. The summed E-state index contributed by atoms with van der Waals surface area (Å²) in [5.74, 6) is 1.23. The SMILES string of the molecule is CC(C)=C(CN1CC(C)CCC1C)OC(=O)c1ccccc1.Cl.